The van der Waals surface area contributed by atoms with E-state index in [0.29, 0.717) is 25.0 Å². The average Bonchev–Trinajstić information content (AvgIpc) is 3.97. The molecule has 0 aliphatic carbocycles. The molecular formula is C47H78NO9P. The van der Waals surface area contributed by atoms with Crippen molar-refractivity contribution in [3.63, 3.8) is 0 Å². The van der Waals surface area contributed by atoms with Gasteiger partial charge in [-0.15, -0.1) is 0 Å². The average molecular weight is 832 g/mol. The molecule has 0 aromatic rings. The second kappa shape index (κ2) is 38.4. The predicted molar refractivity (Wildman–Crippen MR) is 237 cm³/mol. The molecular weight excluding hydrogens is 753 g/mol. The van der Waals surface area contributed by atoms with Crippen LogP contribution in [0.2, 0.25) is 0 Å². The highest BCUT2D eigenvalue weighted by Gasteiger charge is 2.36. The summed E-state index contributed by atoms with van der Waals surface area (Å²) >= 11 is 0. The second-order valence-corrected chi connectivity index (χ2v) is 16.0. The number of ether oxygens (including phenoxy) is 3. The van der Waals surface area contributed by atoms with Gasteiger partial charge in [-0.1, -0.05) is 137 Å². The summed E-state index contributed by atoms with van der Waals surface area (Å²) in [7, 11) is -4.41. The van der Waals surface area contributed by atoms with E-state index in [-0.39, 0.29) is 32.6 Å². The number of carbonyl (C=O) groups excluding carboxylic acids is 2. The molecule has 1 aliphatic rings. The Labute approximate surface area is 351 Å². The minimum Gasteiger partial charge on any atom is -0.462 e. The maximum Gasteiger partial charge on any atom is 0.472 e. The van der Waals surface area contributed by atoms with Crippen LogP contribution in [0.15, 0.2) is 85.1 Å². The van der Waals surface area contributed by atoms with Crippen molar-refractivity contribution in [2.75, 3.05) is 26.4 Å². The molecule has 0 radical (unpaired) electrons. The third-order valence-corrected chi connectivity index (χ3v) is 10.2. The standard InChI is InChI=1S/C47H78NO9P/c1-3-5-7-8-9-10-11-12-13-14-15-16-17-18-19-24-27-30-34-38-47(50)56-43(42-55-58(51,52)54-40-39-48)41-53-46(49)37-33-29-26-23-21-20-22-25-28-32-36-45-44(57-45)35-31-6-4-2/h9-10,12-13,15-16,18-20,22-23,26,28,32,43-45H,3-8,11,14,17,21,24-25,27,29-31,33-42,48H2,1-2H3,(H,51,52)/b10-9-,13-12-,16-15-,19-18-,22-20-,26-23-,32-28-/t43-,44?,45?/m1/s1. The van der Waals surface area contributed by atoms with Crippen LogP contribution in [-0.2, 0) is 37.4 Å². The van der Waals surface area contributed by atoms with Gasteiger partial charge >= 0.3 is 19.8 Å². The summed E-state index contributed by atoms with van der Waals surface area (Å²) < 4.78 is 38.4. The van der Waals surface area contributed by atoms with Gasteiger partial charge in [-0.3, -0.25) is 18.6 Å². The predicted octanol–water partition coefficient (Wildman–Crippen LogP) is 11.8. The third kappa shape index (κ3) is 35.1. The van der Waals surface area contributed by atoms with Gasteiger partial charge in [0.2, 0.25) is 0 Å². The quantitative estimate of drug-likeness (QED) is 0.0202. The van der Waals surface area contributed by atoms with Gasteiger partial charge in [0.05, 0.1) is 25.4 Å². The summed E-state index contributed by atoms with van der Waals surface area (Å²) in [5, 5.41) is 0. The van der Waals surface area contributed by atoms with Crippen molar-refractivity contribution in [1.29, 1.82) is 0 Å². The summed E-state index contributed by atoms with van der Waals surface area (Å²) in [6.07, 6.45) is 50.8. The van der Waals surface area contributed by atoms with Gasteiger partial charge in [-0.25, -0.2) is 4.57 Å². The van der Waals surface area contributed by atoms with Crippen molar-refractivity contribution >= 4 is 19.8 Å². The molecule has 0 spiro atoms. The van der Waals surface area contributed by atoms with Crippen molar-refractivity contribution in [2.24, 2.45) is 5.73 Å². The number of esters is 2. The van der Waals surface area contributed by atoms with Crippen LogP contribution in [0.5, 0.6) is 0 Å². The topological polar surface area (TPSA) is 147 Å². The fourth-order valence-electron chi connectivity index (χ4n) is 5.76. The molecule has 10 nitrogen and oxygen atoms in total. The van der Waals surface area contributed by atoms with Gasteiger partial charge in [0.1, 0.15) is 6.61 Å². The summed E-state index contributed by atoms with van der Waals surface area (Å²) in [6, 6.07) is 0. The number of allylic oxidation sites excluding steroid dienone is 13. The smallest absolute Gasteiger partial charge is 0.462 e. The highest BCUT2D eigenvalue weighted by atomic mass is 31.2. The minimum absolute atomic E-state index is 0.0341. The lowest BCUT2D eigenvalue weighted by atomic mass is 10.1. The van der Waals surface area contributed by atoms with Crippen LogP contribution < -0.4 is 5.73 Å². The van der Waals surface area contributed by atoms with Crippen LogP contribution in [0.3, 0.4) is 0 Å². The zero-order chi connectivity index (χ0) is 42.2. The van der Waals surface area contributed by atoms with Gasteiger partial charge < -0.3 is 24.8 Å². The number of hydrogen-bond acceptors (Lipinski definition) is 9. The zero-order valence-corrected chi connectivity index (χ0v) is 36.8. The van der Waals surface area contributed by atoms with Crippen molar-refractivity contribution in [3.8, 4) is 0 Å². The van der Waals surface area contributed by atoms with Crippen molar-refractivity contribution in [2.45, 2.75) is 173 Å². The van der Waals surface area contributed by atoms with Crippen LogP contribution in [0.1, 0.15) is 155 Å². The third-order valence-electron chi connectivity index (χ3n) is 9.18. The van der Waals surface area contributed by atoms with Crippen molar-refractivity contribution in [1.82, 2.24) is 0 Å². The Bertz CT molecular complexity index is 1290. The molecule has 1 rings (SSSR count). The zero-order valence-electron chi connectivity index (χ0n) is 35.9. The Balaban J connectivity index is 2.25. The Morgan fingerprint density at radius 3 is 1.72 bits per heavy atom. The van der Waals surface area contributed by atoms with Gasteiger partial charge in [0.25, 0.3) is 0 Å². The van der Waals surface area contributed by atoms with Gasteiger partial charge in [0.15, 0.2) is 6.10 Å². The summed E-state index contributed by atoms with van der Waals surface area (Å²) in [4.78, 5) is 34.9. The van der Waals surface area contributed by atoms with E-state index in [9.17, 15) is 19.0 Å². The monoisotopic (exact) mass is 832 g/mol. The van der Waals surface area contributed by atoms with E-state index in [0.717, 1.165) is 64.2 Å². The molecule has 3 N–H and O–H groups in total. The molecule has 1 heterocycles. The van der Waals surface area contributed by atoms with E-state index in [4.69, 9.17) is 29.0 Å². The normalized spacial score (nSPS) is 17.6. The molecule has 330 valence electrons. The maximum atomic E-state index is 12.6. The molecule has 0 aromatic heterocycles. The Morgan fingerprint density at radius 1 is 0.621 bits per heavy atom. The van der Waals surface area contributed by atoms with Crippen LogP contribution in [0.25, 0.3) is 0 Å². The highest BCUT2D eigenvalue weighted by Crippen LogP contribution is 2.43. The minimum atomic E-state index is -4.41. The largest absolute Gasteiger partial charge is 0.472 e. The second-order valence-electron chi connectivity index (χ2n) is 14.6. The first kappa shape index (κ1) is 53.2. The summed E-state index contributed by atoms with van der Waals surface area (Å²) in [5.74, 6) is -0.944. The summed E-state index contributed by atoms with van der Waals surface area (Å²) in [6.45, 7) is 3.54. The molecule has 3 unspecified atom stereocenters. The van der Waals surface area contributed by atoms with Crippen LogP contribution in [0, 0.1) is 0 Å². The lowest BCUT2D eigenvalue weighted by Crippen LogP contribution is -2.29. The van der Waals surface area contributed by atoms with E-state index in [2.05, 4.69) is 92.8 Å². The Hall–Kier alpha value is -2.85. The molecule has 0 aromatic carbocycles. The molecule has 1 saturated heterocycles. The van der Waals surface area contributed by atoms with Gasteiger partial charge in [0, 0.05) is 19.4 Å². The number of rotatable bonds is 39. The SMILES string of the molecule is CCCCC/C=C\C/C=C\C/C=C\C/C=C\CCCCCC(=O)O[C@H](COC(=O)CCC/C=C\C/C=C\C/C=C\CC1OC1CCCCC)COP(=O)(O)OCCN. The Kier molecular flexibility index (Phi) is 35.2. The molecule has 4 atom stereocenters. The Morgan fingerprint density at radius 2 is 1.14 bits per heavy atom. The molecule has 0 saturated carbocycles. The van der Waals surface area contributed by atoms with Crippen LogP contribution in [0.4, 0.5) is 0 Å². The molecule has 1 aliphatic heterocycles. The van der Waals surface area contributed by atoms with E-state index in [1.807, 2.05) is 6.08 Å². The van der Waals surface area contributed by atoms with Crippen molar-refractivity contribution < 1.29 is 42.3 Å². The van der Waals surface area contributed by atoms with Crippen LogP contribution in [-0.4, -0.2) is 61.5 Å². The fourth-order valence-corrected chi connectivity index (χ4v) is 6.53. The number of phosphoric acid groups is 1. The number of nitrogens with two attached hydrogens (primary N) is 1. The first-order chi connectivity index (χ1) is 28.3. The van der Waals surface area contributed by atoms with E-state index < -0.39 is 32.5 Å². The molecule has 0 bridgehead atoms. The molecule has 11 heteroatoms. The lowest BCUT2D eigenvalue weighted by Gasteiger charge is -2.19. The number of unbranched alkanes of at least 4 members (excludes halogenated alkanes) is 9. The number of hydrogen-bond donors (Lipinski definition) is 2. The number of epoxide rings is 1. The van der Waals surface area contributed by atoms with E-state index in [1.165, 1.54) is 51.4 Å². The van der Waals surface area contributed by atoms with Crippen molar-refractivity contribution in [3.05, 3.63) is 85.1 Å². The molecule has 1 fully saturated rings. The van der Waals surface area contributed by atoms with Gasteiger partial charge in [-0.05, 0) is 89.9 Å². The maximum absolute atomic E-state index is 12.6. The fraction of sp³-hybridized carbons (Fsp3) is 0.660. The first-order valence-electron chi connectivity index (χ1n) is 22.2. The molecule has 0 amide bonds. The molecule has 58 heavy (non-hydrogen) atoms. The first-order valence-corrected chi connectivity index (χ1v) is 23.7. The van der Waals surface area contributed by atoms with Gasteiger partial charge in [-0.2, -0.15) is 0 Å². The number of carbonyl (C=O) groups is 2. The summed E-state index contributed by atoms with van der Waals surface area (Å²) in [5.41, 5.74) is 5.34. The number of phosphoric ester groups is 1. The van der Waals surface area contributed by atoms with E-state index >= 15 is 0 Å². The lowest BCUT2D eigenvalue weighted by molar-refractivity contribution is -0.161. The van der Waals surface area contributed by atoms with Crippen LogP contribution >= 0.6 is 7.82 Å². The van der Waals surface area contributed by atoms with E-state index in [1.54, 1.807) is 0 Å². The highest BCUT2D eigenvalue weighted by molar-refractivity contribution is 7.47.